The summed E-state index contributed by atoms with van der Waals surface area (Å²) in [5, 5.41) is 6.18. The van der Waals surface area contributed by atoms with E-state index in [1.165, 1.54) is 11.3 Å². The van der Waals surface area contributed by atoms with Gasteiger partial charge in [-0.25, -0.2) is 0 Å². The first-order valence-electron chi connectivity index (χ1n) is 6.54. The van der Waals surface area contributed by atoms with E-state index in [9.17, 15) is 4.79 Å². The molecule has 1 amide bonds. The fourth-order valence-electron chi connectivity index (χ4n) is 1.78. The van der Waals surface area contributed by atoms with Crippen molar-refractivity contribution in [2.75, 3.05) is 5.32 Å². The average molecular weight is 388 g/mol. The molecule has 0 spiro atoms. The molecule has 0 aliphatic carbocycles. The van der Waals surface area contributed by atoms with Gasteiger partial charge in [-0.3, -0.25) is 4.79 Å². The van der Waals surface area contributed by atoms with Gasteiger partial charge in [0.05, 0.1) is 0 Å². The lowest BCUT2D eigenvalue weighted by atomic mass is 10.1. The quantitative estimate of drug-likeness (QED) is 0.765. The molecule has 6 heteroatoms. The van der Waals surface area contributed by atoms with Gasteiger partial charge in [0.15, 0.2) is 0 Å². The number of hydrogen-bond acceptors (Lipinski definition) is 3. The van der Waals surface area contributed by atoms with Gasteiger partial charge in [0.25, 0.3) is 5.91 Å². The molecule has 112 valence electrons. The molecule has 0 aliphatic rings. The molecule has 1 heterocycles. The maximum atomic E-state index is 12.0. The van der Waals surface area contributed by atoms with Gasteiger partial charge in [-0.05, 0) is 54.0 Å². The van der Waals surface area contributed by atoms with Gasteiger partial charge in [-0.2, -0.15) is 0 Å². The van der Waals surface area contributed by atoms with Crippen molar-refractivity contribution in [2.24, 2.45) is 0 Å². The maximum Gasteiger partial charge on any atom is 0.251 e. The van der Waals surface area contributed by atoms with E-state index in [1.54, 1.807) is 0 Å². The summed E-state index contributed by atoms with van der Waals surface area (Å²) in [7, 11) is 0. The molecule has 0 bridgehead atoms. The first-order chi connectivity index (χ1) is 9.95. The Morgan fingerprint density at radius 2 is 2.14 bits per heavy atom. The molecule has 2 aromatic rings. The lowest BCUT2D eigenvalue weighted by molar-refractivity contribution is 0.0943. The van der Waals surface area contributed by atoms with Crippen molar-refractivity contribution in [1.29, 1.82) is 0 Å². The highest BCUT2D eigenvalue weighted by molar-refractivity contribution is 9.10. The normalized spacial score (nSPS) is 10.7. The highest BCUT2D eigenvalue weighted by Crippen LogP contribution is 2.32. The number of amides is 1. The Bertz CT molecular complexity index is 623. The number of carbonyl (C=O) groups is 1. The van der Waals surface area contributed by atoms with Crippen LogP contribution in [0.1, 0.15) is 29.1 Å². The maximum absolute atomic E-state index is 12.0. The topological polar surface area (TPSA) is 41.1 Å². The average Bonchev–Trinajstić information content (AvgIpc) is 2.75. The molecule has 3 nitrogen and oxygen atoms in total. The Hall–Kier alpha value is -1.04. The van der Waals surface area contributed by atoms with Crippen LogP contribution in [-0.4, -0.2) is 11.9 Å². The van der Waals surface area contributed by atoms with Gasteiger partial charge in [-0.15, -0.1) is 11.3 Å². The van der Waals surface area contributed by atoms with Crippen LogP contribution in [0.3, 0.4) is 0 Å². The summed E-state index contributed by atoms with van der Waals surface area (Å²) in [6, 6.07) is 9.59. The lowest BCUT2D eigenvalue weighted by Crippen LogP contribution is -2.30. The molecule has 1 aromatic heterocycles. The Morgan fingerprint density at radius 3 is 2.76 bits per heavy atom. The van der Waals surface area contributed by atoms with Gasteiger partial charge in [0, 0.05) is 33.2 Å². The van der Waals surface area contributed by atoms with Gasteiger partial charge in [0.2, 0.25) is 0 Å². The molecule has 0 atom stereocenters. The van der Waals surface area contributed by atoms with Gasteiger partial charge in [-0.1, -0.05) is 17.7 Å². The number of hydrogen-bond donors (Lipinski definition) is 2. The third kappa shape index (κ3) is 4.73. The number of benzene rings is 1. The third-order valence-corrected chi connectivity index (χ3v) is 5.18. The number of anilines is 1. The molecular weight excluding hydrogens is 372 g/mol. The smallest absolute Gasteiger partial charge is 0.251 e. The number of carbonyl (C=O) groups excluding carboxylic acids is 1. The standard InChI is InChI=1S/C15H16BrClN2OS/c1-9(2)19-15(20)10-4-3-5-11(6-10)18-8-12-7-13(16)14(17)21-12/h3-7,9,18H,8H2,1-2H3,(H,19,20). The highest BCUT2D eigenvalue weighted by Gasteiger charge is 2.08. The van der Waals surface area contributed by atoms with Crippen LogP contribution in [0.2, 0.25) is 4.34 Å². The van der Waals surface area contributed by atoms with Crippen molar-refractivity contribution in [1.82, 2.24) is 5.32 Å². The molecule has 0 saturated heterocycles. The van der Waals surface area contributed by atoms with Crippen LogP contribution in [0.25, 0.3) is 0 Å². The van der Waals surface area contributed by atoms with Crippen LogP contribution in [-0.2, 0) is 6.54 Å². The van der Waals surface area contributed by atoms with Crippen molar-refractivity contribution in [2.45, 2.75) is 26.4 Å². The molecule has 0 aliphatic heterocycles. The minimum Gasteiger partial charge on any atom is -0.380 e. The fourth-order valence-corrected chi connectivity index (χ4v) is 3.51. The van der Waals surface area contributed by atoms with Gasteiger partial charge < -0.3 is 10.6 Å². The molecular formula is C15H16BrClN2OS. The zero-order valence-electron chi connectivity index (χ0n) is 11.7. The number of thiophene rings is 1. The second kappa shape index (κ2) is 7.29. The Morgan fingerprint density at radius 1 is 1.38 bits per heavy atom. The van der Waals surface area contributed by atoms with Crippen molar-refractivity contribution in [3.05, 3.63) is 49.6 Å². The van der Waals surface area contributed by atoms with Gasteiger partial charge in [0.1, 0.15) is 4.34 Å². The third-order valence-electron chi connectivity index (χ3n) is 2.71. The van der Waals surface area contributed by atoms with Crippen molar-refractivity contribution < 1.29 is 4.79 Å². The molecule has 21 heavy (non-hydrogen) atoms. The molecule has 2 N–H and O–H groups in total. The van der Waals surface area contributed by atoms with Crippen LogP contribution < -0.4 is 10.6 Å². The second-order valence-corrected chi connectivity index (χ2v) is 7.49. The van der Waals surface area contributed by atoms with E-state index in [2.05, 4.69) is 26.6 Å². The van der Waals surface area contributed by atoms with Crippen molar-refractivity contribution in [3.8, 4) is 0 Å². The summed E-state index contributed by atoms with van der Waals surface area (Å²) in [6.45, 7) is 4.56. The summed E-state index contributed by atoms with van der Waals surface area (Å²) in [5.74, 6) is -0.0597. The van der Waals surface area contributed by atoms with E-state index >= 15 is 0 Å². The van der Waals surface area contributed by atoms with E-state index in [4.69, 9.17) is 11.6 Å². The first kappa shape index (κ1) is 16.3. The van der Waals surface area contributed by atoms with Crippen LogP contribution in [0.4, 0.5) is 5.69 Å². The van der Waals surface area contributed by atoms with Crippen LogP contribution >= 0.6 is 38.9 Å². The van der Waals surface area contributed by atoms with Gasteiger partial charge >= 0.3 is 0 Å². The summed E-state index contributed by atoms with van der Waals surface area (Å²) in [5.41, 5.74) is 1.56. The molecule has 0 radical (unpaired) electrons. The molecule has 0 saturated carbocycles. The second-order valence-electron chi connectivity index (χ2n) is 4.90. The summed E-state index contributed by atoms with van der Waals surface area (Å²) in [6.07, 6.45) is 0. The zero-order valence-corrected chi connectivity index (χ0v) is 14.9. The number of nitrogens with one attached hydrogen (secondary N) is 2. The van der Waals surface area contributed by atoms with Crippen molar-refractivity contribution in [3.63, 3.8) is 0 Å². The minimum absolute atomic E-state index is 0.0597. The summed E-state index contributed by atoms with van der Waals surface area (Å²) < 4.78 is 1.66. The van der Waals surface area contributed by atoms with Crippen LogP contribution in [0, 0.1) is 0 Å². The van der Waals surface area contributed by atoms with Crippen LogP contribution in [0.15, 0.2) is 34.8 Å². The van der Waals surface area contributed by atoms with Crippen LogP contribution in [0.5, 0.6) is 0 Å². The monoisotopic (exact) mass is 386 g/mol. The molecule has 0 fully saturated rings. The first-order valence-corrected chi connectivity index (χ1v) is 8.53. The summed E-state index contributed by atoms with van der Waals surface area (Å²) >= 11 is 10.9. The minimum atomic E-state index is -0.0597. The summed E-state index contributed by atoms with van der Waals surface area (Å²) in [4.78, 5) is 13.1. The van der Waals surface area contributed by atoms with Crippen molar-refractivity contribution >= 4 is 50.5 Å². The fraction of sp³-hybridized carbons (Fsp3) is 0.267. The Kier molecular flexibility index (Phi) is 5.67. The van der Waals surface area contributed by atoms with E-state index < -0.39 is 0 Å². The van der Waals surface area contributed by atoms with E-state index in [1.807, 2.05) is 44.2 Å². The van der Waals surface area contributed by atoms with E-state index in [0.29, 0.717) is 12.1 Å². The SMILES string of the molecule is CC(C)NC(=O)c1cccc(NCc2cc(Br)c(Cl)s2)c1. The largest absolute Gasteiger partial charge is 0.380 e. The van der Waals surface area contributed by atoms with E-state index in [-0.39, 0.29) is 11.9 Å². The Labute approximate surface area is 141 Å². The molecule has 2 rings (SSSR count). The Balaban J connectivity index is 2.02. The molecule has 1 aromatic carbocycles. The lowest BCUT2D eigenvalue weighted by Gasteiger charge is -2.10. The predicted molar refractivity (Wildman–Crippen MR) is 93.4 cm³/mol. The van der Waals surface area contributed by atoms with E-state index in [0.717, 1.165) is 19.4 Å². The predicted octanol–water partition coefficient (Wildman–Crippen LogP) is 4.91. The zero-order chi connectivity index (χ0) is 15.4. The number of halogens is 2. The highest BCUT2D eigenvalue weighted by atomic mass is 79.9. The molecule has 0 unspecified atom stereocenters. The number of rotatable bonds is 5.